The highest BCUT2D eigenvalue weighted by atomic mass is 79.9. The lowest BCUT2D eigenvalue weighted by Gasteiger charge is -2.31. The summed E-state index contributed by atoms with van der Waals surface area (Å²) in [6.07, 6.45) is 0.899. The summed E-state index contributed by atoms with van der Waals surface area (Å²) in [6, 6.07) is 0. The van der Waals surface area contributed by atoms with Gasteiger partial charge in [0.2, 0.25) is 0 Å². The molecule has 2 aliphatic heterocycles. The van der Waals surface area contributed by atoms with Gasteiger partial charge in [-0.25, -0.2) is 0 Å². The zero-order valence-corrected chi connectivity index (χ0v) is 13.5. The molecule has 0 unspecified atom stereocenters. The van der Waals surface area contributed by atoms with E-state index < -0.39 is 10.2 Å². The molecule has 19 heavy (non-hydrogen) atoms. The quantitative estimate of drug-likeness (QED) is 0.664. The molecule has 2 saturated heterocycles. The van der Waals surface area contributed by atoms with Crippen LogP contribution in [0.1, 0.15) is 6.42 Å². The van der Waals surface area contributed by atoms with Crippen molar-refractivity contribution < 1.29 is 13.2 Å². The lowest BCUT2D eigenvalue weighted by molar-refractivity contribution is 0.0702. The Balaban J connectivity index is 1.96. The van der Waals surface area contributed by atoms with Crippen molar-refractivity contribution in [2.24, 2.45) is 0 Å². The summed E-state index contributed by atoms with van der Waals surface area (Å²) in [5, 5.41) is 0.934. The second-order valence-corrected chi connectivity index (χ2v) is 7.52. The van der Waals surface area contributed by atoms with Crippen LogP contribution in [0.4, 0.5) is 0 Å². The molecule has 0 aromatic rings. The van der Waals surface area contributed by atoms with Gasteiger partial charge in [-0.2, -0.15) is 17.0 Å². The first-order valence-electron chi connectivity index (χ1n) is 6.76. The number of hydrogen-bond donors (Lipinski definition) is 0. The van der Waals surface area contributed by atoms with E-state index in [1.54, 1.807) is 8.61 Å². The number of halogens is 1. The van der Waals surface area contributed by atoms with E-state index in [2.05, 4.69) is 20.8 Å². The van der Waals surface area contributed by atoms with Gasteiger partial charge in [-0.15, -0.1) is 0 Å². The smallest absolute Gasteiger partial charge is 0.282 e. The van der Waals surface area contributed by atoms with E-state index in [9.17, 15) is 8.42 Å². The molecule has 2 fully saturated rings. The normalized spacial score (nSPS) is 25.3. The van der Waals surface area contributed by atoms with Crippen molar-refractivity contribution in [2.45, 2.75) is 6.42 Å². The van der Waals surface area contributed by atoms with Crippen LogP contribution in [0.3, 0.4) is 0 Å². The van der Waals surface area contributed by atoms with Crippen molar-refractivity contribution in [3.8, 4) is 0 Å². The lowest BCUT2D eigenvalue weighted by atomic mass is 10.4. The van der Waals surface area contributed by atoms with Gasteiger partial charge in [0.15, 0.2) is 0 Å². The van der Waals surface area contributed by atoms with E-state index in [0.717, 1.165) is 31.4 Å². The van der Waals surface area contributed by atoms with Gasteiger partial charge >= 0.3 is 0 Å². The highest BCUT2D eigenvalue weighted by molar-refractivity contribution is 9.09. The van der Waals surface area contributed by atoms with Gasteiger partial charge < -0.3 is 9.64 Å². The molecule has 0 aromatic carbocycles. The fourth-order valence-electron chi connectivity index (χ4n) is 2.46. The van der Waals surface area contributed by atoms with Crippen LogP contribution in [0.15, 0.2) is 0 Å². The third-order valence-corrected chi connectivity index (χ3v) is 5.96. The van der Waals surface area contributed by atoms with Crippen molar-refractivity contribution in [3.05, 3.63) is 0 Å². The third kappa shape index (κ3) is 4.12. The van der Waals surface area contributed by atoms with Crippen LogP contribution >= 0.6 is 15.9 Å². The number of nitrogens with zero attached hydrogens (tertiary/aromatic N) is 3. The van der Waals surface area contributed by atoms with E-state index in [1.807, 2.05) is 0 Å². The van der Waals surface area contributed by atoms with Crippen LogP contribution in [-0.2, 0) is 14.9 Å². The van der Waals surface area contributed by atoms with E-state index in [4.69, 9.17) is 4.74 Å². The first-order chi connectivity index (χ1) is 9.14. The Hall–Kier alpha value is 0.270. The van der Waals surface area contributed by atoms with E-state index in [0.29, 0.717) is 39.4 Å². The van der Waals surface area contributed by atoms with Gasteiger partial charge in [-0.1, -0.05) is 15.9 Å². The first kappa shape index (κ1) is 15.7. The average molecular weight is 356 g/mol. The van der Waals surface area contributed by atoms with Crippen LogP contribution in [0.2, 0.25) is 0 Å². The molecule has 0 N–H and O–H groups in total. The molecule has 0 amide bonds. The number of ether oxygens (including phenoxy) is 1. The van der Waals surface area contributed by atoms with E-state index >= 15 is 0 Å². The molecule has 0 saturated carbocycles. The molecule has 6 nitrogen and oxygen atoms in total. The van der Waals surface area contributed by atoms with Crippen LogP contribution in [0.5, 0.6) is 0 Å². The number of alkyl halides is 1. The van der Waals surface area contributed by atoms with Gasteiger partial charge in [0.1, 0.15) is 0 Å². The van der Waals surface area contributed by atoms with Crippen LogP contribution < -0.4 is 0 Å². The molecule has 0 spiro atoms. The van der Waals surface area contributed by atoms with Crippen molar-refractivity contribution in [3.63, 3.8) is 0 Å². The molecule has 2 heterocycles. The third-order valence-electron chi connectivity index (χ3n) is 3.57. The van der Waals surface area contributed by atoms with Crippen molar-refractivity contribution >= 4 is 26.1 Å². The molecule has 8 heteroatoms. The molecule has 0 aromatic heterocycles. The van der Waals surface area contributed by atoms with Crippen molar-refractivity contribution in [1.82, 2.24) is 13.5 Å². The molecule has 2 aliphatic rings. The first-order valence-corrected chi connectivity index (χ1v) is 9.28. The van der Waals surface area contributed by atoms with Gasteiger partial charge in [0.25, 0.3) is 10.2 Å². The number of hydrogen-bond acceptors (Lipinski definition) is 4. The number of rotatable bonds is 4. The molecule has 0 radical (unpaired) electrons. The summed E-state index contributed by atoms with van der Waals surface area (Å²) in [5.41, 5.74) is 0. The Morgan fingerprint density at radius 2 is 1.63 bits per heavy atom. The maximum atomic E-state index is 12.5. The van der Waals surface area contributed by atoms with Crippen molar-refractivity contribution in [2.75, 3.05) is 64.4 Å². The minimum absolute atomic E-state index is 0.476. The van der Waals surface area contributed by atoms with E-state index in [1.165, 1.54) is 0 Å². The predicted molar refractivity (Wildman–Crippen MR) is 77.7 cm³/mol. The average Bonchev–Trinajstić information content (AvgIpc) is 2.66. The summed E-state index contributed by atoms with van der Waals surface area (Å²) in [5.74, 6) is 0. The SMILES string of the molecule is O=S(=O)(N1CCOCC1)N1CCCN(CCBr)CC1. The maximum Gasteiger partial charge on any atom is 0.282 e. The van der Waals surface area contributed by atoms with Crippen LogP contribution in [0, 0.1) is 0 Å². The fraction of sp³-hybridized carbons (Fsp3) is 1.00. The van der Waals surface area contributed by atoms with Crippen molar-refractivity contribution in [1.29, 1.82) is 0 Å². The van der Waals surface area contributed by atoms with Gasteiger partial charge in [0, 0.05) is 44.6 Å². The Labute approximate surface area is 124 Å². The Kier molecular flexibility index (Phi) is 6.04. The summed E-state index contributed by atoms with van der Waals surface area (Å²) in [7, 11) is -3.30. The Bertz CT molecular complexity index is 373. The largest absolute Gasteiger partial charge is 0.379 e. The molecule has 2 rings (SSSR count). The minimum atomic E-state index is -3.30. The van der Waals surface area contributed by atoms with Crippen LogP contribution in [-0.4, -0.2) is 86.3 Å². The van der Waals surface area contributed by atoms with E-state index in [-0.39, 0.29) is 0 Å². The second kappa shape index (κ2) is 7.33. The fourth-order valence-corrected chi connectivity index (χ4v) is 4.57. The highest BCUT2D eigenvalue weighted by Gasteiger charge is 2.31. The summed E-state index contributed by atoms with van der Waals surface area (Å²) < 4.78 is 33.5. The standard InChI is InChI=1S/C11H22BrN3O3S/c12-2-5-13-3-1-4-14(7-6-13)19(16,17)15-8-10-18-11-9-15/h1-11H2. The molecule has 112 valence electrons. The molecular formula is C11H22BrN3O3S. The monoisotopic (exact) mass is 355 g/mol. The molecule has 0 aliphatic carbocycles. The maximum absolute atomic E-state index is 12.5. The topological polar surface area (TPSA) is 53.1 Å². The predicted octanol–water partition coefficient (Wildman–Crippen LogP) is -0.0340. The van der Waals surface area contributed by atoms with Gasteiger partial charge in [-0.05, 0) is 13.0 Å². The highest BCUT2D eigenvalue weighted by Crippen LogP contribution is 2.14. The van der Waals surface area contributed by atoms with Gasteiger partial charge in [-0.3, -0.25) is 0 Å². The molecular weight excluding hydrogens is 334 g/mol. The Morgan fingerprint density at radius 1 is 0.947 bits per heavy atom. The van der Waals surface area contributed by atoms with Crippen LogP contribution in [0.25, 0.3) is 0 Å². The zero-order chi connectivity index (χ0) is 13.7. The lowest BCUT2D eigenvalue weighted by Crippen LogP contribution is -2.49. The number of morpholine rings is 1. The minimum Gasteiger partial charge on any atom is -0.379 e. The second-order valence-electron chi connectivity index (χ2n) is 4.80. The van der Waals surface area contributed by atoms with Gasteiger partial charge in [0.05, 0.1) is 13.2 Å². The Morgan fingerprint density at radius 3 is 2.32 bits per heavy atom. The molecule has 0 atom stereocenters. The zero-order valence-electron chi connectivity index (χ0n) is 11.1. The molecule has 0 bridgehead atoms. The summed E-state index contributed by atoms with van der Waals surface area (Å²) >= 11 is 3.43. The summed E-state index contributed by atoms with van der Waals surface area (Å²) in [6.45, 7) is 5.94. The summed E-state index contributed by atoms with van der Waals surface area (Å²) in [4.78, 5) is 2.31.